The molecular formula is C17H18F3N3O3S2. The van der Waals surface area contributed by atoms with Crippen LogP contribution in [0.4, 0.5) is 18.3 Å². The first-order chi connectivity index (χ1) is 13.2. The Kier molecular flexibility index (Phi) is 7.81. The van der Waals surface area contributed by atoms with Crippen LogP contribution in [0.15, 0.2) is 28.6 Å². The summed E-state index contributed by atoms with van der Waals surface area (Å²) in [6, 6.07) is 3.86. The average Bonchev–Trinajstić information content (AvgIpc) is 3.08. The Bertz CT molecular complexity index is 810. The van der Waals surface area contributed by atoms with Crippen molar-refractivity contribution in [1.82, 2.24) is 10.2 Å². The highest BCUT2D eigenvalue weighted by atomic mass is 32.2. The lowest BCUT2D eigenvalue weighted by molar-refractivity contribution is -0.142. The van der Waals surface area contributed by atoms with Crippen molar-refractivity contribution in [3.05, 3.63) is 35.4 Å². The molecule has 11 heteroatoms. The molecule has 1 heterocycles. The van der Waals surface area contributed by atoms with Gasteiger partial charge in [-0.05, 0) is 37.6 Å². The zero-order valence-corrected chi connectivity index (χ0v) is 16.7. The van der Waals surface area contributed by atoms with Crippen LogP contribution in [0.25, 0.3) is 0 Å². The Morgan fingerprint density at radius 3 is 2.46 bits per heavy atom. The summed E-state index contributed by atoms with van der Waals surface area (Å²) in [5.74, 6) is -0.934. The lowest BCUT2D eigenvalue weighted by Crippen LogP contribution is -2.20. The van der Waals surface area contributed by atoms with Gasteiger partial charge in [-0.2, -0.15) is 13.2 Å². The molecule has 0 saturated heterocycles. The van der Waals surface area contributed by atoms with E-state index in [1.54, 1.807) is 6.92 Å². The first kappa shape index (κ1) is 22.2. The van der Waals surface area contributed by atoms with Crippen LogP contribution in [0.3, 0.4) is 0 Å². The Balaban J connectivity index is 2.01. The van der Waals surface area contributed by atoms with E-state index in [9.17, 15) is 22.8 Å². The van der Waals surface area contributed by atoms with E-state index in [4.69, 9.17) is 4.74 Å². The maximum atomic E-state index is 12.6. The smallest absolute Gasteiger partial charge is 0.416 e. The Labute approximate surface area is 167 Å². The van der Waals surface area contributed by atoms with Crippen LogP contribution in [0, 0.1) is 0 Å². The van der Waals surface area contributed by atoms with E-state index in [1.165, 1.54) is 11.8 Å². The van der Waals surface area contributed by atoms with E-state index in [-0.39, 0.29) is 23.3 Å². The number of nitrogens with zero attached hydrogens (tertiary/aromatic N) is 2. The Morgan fingerprint density at radius 2 is 1.89 bits per heavy atom. The quantitative estimate of drug-likeness (QED) is 0.371. The van der Waals surface area contributed by atoms with E-state index in [2.05, 4.69) is 15.5 Å². The number of esters is 1. The van der Waals surface area contributed by atoms with Crippen molar-refractivity contribution in [2.24, 2.45) is 0 Å². The highest BCUT2D eigenvalue weighted by Crippen LogP contribution is 2.32. The number of thioether (sulfide) groups is 1. The van der Waals surface area contributed by atoms with Gasteiger partial charge < -0.3 is 4.74 Å². The molecule has 28 heavy (non-hydrogen) atoms. The molecule has 0 saturated carbocycles. The molecule has 1 aromatic heterocycles. The van der Waals surface area contributed by atoms with Crippen molar-refractivity contribution in [2.45, 2.75) is 42.5 Å². The molecule has 1 aromatic carbocycles. The molecular weight excluding hydrogens is 415 g/mol. The highest BCUT2D eigenvalue weighted by molar-refractivity contribution is 8.02. The summed E-state index contributed by atoms with van der Waals surface area (Å²) in [7, 11) is 0. The number of carbonyl (C=O) groups is 2. The molecule has 0 aliphatic carbocycles. The fraction of sp³-hybridized carbons (Fsp3) is 0.412. The maximum absolute atomic E-state index is 12.6. The second-order valence-corrected chi connectivity index (χ2v) is 7.98. The summed E-state index contributed by atoms with van der Waals surface area (Å²) in [4.78, 5) is 24.1. The van der Waals surface area contributed by atoms with Gasteiger partial charge >= 0.3 is 12.1 Å². The molecule has 0 spiro atoms. The predicted octanol–water partition coefficient (Wildman–Crippen LogP) is 4.63. The van der Waals surface area contributed by atoms with Crippen molar-refractivity contribution in [1.29, 1.82) is 0 Å². The summed E-state index contributed by atoms with van der Waals surface area (Å²) < 4.78 is 43.3. The lowest BCUT2D eigenvalue weighted by Gasteiger charge is -2.11. The highest BCUT2D eigenvalue weighted by Gasteiger charge is 2.30. The molecule has 2 rings (SSSR count). The van der Waals surface area contributed by atoms with Crippen LogP contribution in [0.1, 0.15) is 42.6 Å². The Hall–Kier alpha value is -2.14. The molecule has 1 amide bonds. The van der Waals surface area contributed by atoms with Crippen LogP contribution >= 0.6 is 23.1 Å². The number of nitrogens with one attached hydrogen (secondary N) is 1. The first-order valence-electron chi connectivity index (χ1n) is 8.40. The third-order valence-electron chi connectivity index (χ3n) is 3.44. The minimum Gasteiger partial charge on any atom is -0.465 e. The first-order valence-corrected chi connectivity index (χ1v) is 10.1. The summed E-state index contributed by atoms with van der Waals surface area (Å²) in [5, 5.41) is 10.0. The van der Waals surface area contributed by atoms with Gasteiger partial charge in [0.25, 0.3) is 5.91 Å². The topological polar surface area (TPSA) is 81.2 Å². The number of aromatic nitrogens is 2. The normalized spacial score (nSPS) is 12.5. The number of anilines is 1. The van der Waals surface area contributed by atoms with Crippen molar-refractivity contribution >= 4 is 40.1 Å². The molecule has 1 N–H and O–H groups in total. The lowest BCUT2D eigenvalue weighted by atomic mass is 10.1. The van der Waals surface area contributed by atoms with Crippen LogP contribution < -0.4 is 5.32 Å². The van der Waals surface area contributed by atoms with Crippen LogP contribution in [0.2, 0.25) is 0 Å². The number of ether oxygens (including phenoxy) is 1. The molecule has 0 radical (unpaired) electrons. The molecule has 0 fully saturated rings. The van der Waals surface area contributed by atoms with E-state index in [0.717, 1.165) is 42.0 Å². The molecule has 0 aliphatic rings. The van der Waals surface area contributed by atoms with Crippen LogP contribution in [-0.2, 0) is 15.7 Å². The number of hydrogen-bond donors (Lipinski definition) is 1. The van der Waals surface area contributed by atoms with Gasteiger partial charge in [0, 0.05) is 5.56 Å². The number of halogens is 3. The number of hydrogen-bond acceptors (Lipinski definition) is 7. The fourth-order valence-corrected chi connectivity index (χ4v) is 4.23. The number of amides is 1. The molecule has 1 atom stereocenters. The summed E-state index contributed by atoms with van der Waals surface area (Å²) >= 11 is 2.28. The third kappa shape index (κ3) is 6.20. The number of benzene rings is 1. The van der Waals surface area contributed by atoms with E-state index >= 15 is 0 Å². The van der Waals surface area contributed by atoms with Crippen molar-refractivity contribution in [2.75, 3.05) is 11.9 Å². The van der Waals surface area contributed by atoms with Crippen molar-refractivity contribution < 1.29 is 27.5 Å². The van der Waals surface area contributed by atoms with Gasteiger partial charge in [-0.25, -0.2) is 0 Å². The largest absolute Gasteiger partial charge is 0.465 e. The maximum Gasteiger partial charge on any atom is 0.416 e. The number of carbonyl (C=O) groups excluding carboxylic acids is 2. The summed E-state index contributed by atoms with van der Waals surface area (Å²) in [6.07, 6.45) is -3.07. The molecule has 2 aromatic rings. The molecule has 1 unspecified atom stereocenters. The predicted molar refractivity (Wildman–Crippen MR) is 100 cm³/mol. The van der Waals surface area contributed by atoms with Gasteiger partial charge in [0.05, 0.1) is 12.2 Å². The summed E-state index contributed by atoms with van der Waals surface area (Å²) in [6.45, 7) is 3.96. The van der Waals surface area contributed by atoms with Gasteiger partial charge in [-0.3, -0.25) is 14.9 Å². The van der Waals surface area contributed by atoms with E-state index < -0.39 is 22.9 Å². The van der Waals surface area contributed by atoms with Crippen LogP contribution in [-0.4, -0.2) is 33.9 Å². The third-order valence-corrected chi connectivity index (χ3v) is 5.61. The second kappa shape index (κ2) is 9.87. The minimum absolute atomic E-state index is 0.0628. The number of rotatable bonds is 8. The monoisotopic (exact) mass is 433 g/mol. The van der Waals surface area contributed by atoms with Crippen LogP contribution in [0.5, 0.6) is 0 Å². The van der Waals surface area contributed by atoms with Gasteiger partial charge in [0.15, 0.2) is 4.34 Å². The molecule has 0 bridgehead atoms. The van der Waals surface area contributed by atoms with Gasteiger partial charge in [-0.1, -0.05) is 36.4 Å². The minimum atomic E-state index is -4.46. The van der Waals surface area contributed by atoms with Crippen molar-refractivity contribution in [3.63, 3.8) is 0 Å². The SMILES string of the molecule is CCCC(Sc1nnc(NC(=O)c2ccc(C(F)(F)F)cc2)s1)C(=O)OCC. The standard InChI is InChI=1S/C17H18F3N3O3S2/c1-3-5-12(14(25)26-4-2)27-16-23-22-15(28-16)21-13(24)10-6-8-11(9-7-10)17(18,19)20/h6-9,12H,3-5H2,1-2H3,(H,21,22,24). The van der Waals surface area contributed by atoms with Gasteiger partial charge in [0.1, 0.15) is 5.25 Å². The van der Waals surface area contributed by atoms with E-state index in [0.29, 0.717) is 10.8 Å². The molecule has 6 nitrogen and oxygen atoms in total. The van der Waals surface area contributed by atoms with Crippen molar-refractivity contribution in [3.8, 4) is 0 Å². The Morgan fingerprint density at radius 1 is 1.21 bits per heavy atom. The molecule has 0 aliphatic heterocycles. The van der Waals surface area contributed by atoms with Gasteiger partial charge in [0.2, 0.25) is 5.13 Å². The molecule has 152 valence electrons. The zero-order valence-electron chi connectivity index (χ0n) is 15.1. The number of alkyl halides is 3. The average molecular weight is 433 g/mol. The fourth-order valence-electron chi connectivity index (χ4n) is 2.13. The summed E-state index contributed by atoms with van der Waals surface area (Å²) in [5.41, 5.74) is -0.771. The second-order valence-electron chi connectivity index (χ2n) is 5.55. The zero-order chi connectivity index (χ0) is 20.7. The van der Waals surface area contributed by atoms with Gasteiger partial charge in [-0.15, -0.1) is 10.2 Å². The van der Waals surface area contributed by atoms with E-state index in [1.807, 2.05) is 6.92 Å².